The predicted octanol–water partition coefficient (Wildman–Crippen LogP) is 1.14. The first-order valence-electron chi connectivity index (χ1n) is 9.27. The van der Waals surface area contributed by atoms with Gasteiger partial charge in [-0.1, -0.05) is 17.3 Å². The fourth-order valence-electron chi connectivity index (χ4n) is 3.33. The third kappa shape index (κ3) is 3.61. The van der Waals surface area contributed by atoms with Crippen LogP contribution < -0.4 is 21.1 Å². The van der Waals surface area contributed by atoms with E-state index in [4.69, 9.17) is 4.52 Å². The van der Waals surface area contributed by atoms with Gasteiger partial charge in [-0.3, -0.25) is 9.59 Å². The normalized spacial score (nSPS) is 11.6. The molecule has 0 aliphatic heterocycles. The Morgan fingerprint density at radius 2 is 1.78 bits per heavy atom. The summed E-state index contributed by atoms with van der Waals surface area (Å²) in [4.78, 5) is 41.4. The number of anilines is 1. The van der Waals surface area contributed by atoms with Crippen molar-refractivity contribution in [2.45, 2.75) is 18.7 Å². The van der Waals surface area contributed by atoms with Crippen LogP contribution in [0.4, 0.5) is 5.69 Å². The van der Waals surface area contributed by atoms with Crippen molar-refractivity contribution in [3.63, 3.8) is 0 Å². The average molecular weight is 455 g/mol. The van der Waals surface area contributed by atoms with Gasteiger partial charge in [-0.15, -0.1) is 4.83 Å². The summed E-state index contributed by atoms with van der Waals surface area (Å²) in [5, 5.41) is 4.69. The van der Waals surface area contributed by atoms with Crippen LogP contribution in [0.5, 0.6) is 0 Å². The number of amides is 1. The molecule has 0 saturated carbocycles. The smallest absolute Gasteiger partial charge is 0.333 e. The standard InChI is InChI=1S/C20H17N5O6S/c1-12-18(13(2)31-22-12)32(29,30)23-24(11-26)14-7-9-15(10-8-14)25-19(27)16-5-3-4-6-17(16)21-20(25)28/h3-11,23H,1-2H3,(H,21,28). The monoisotopic (exact) mass is 455 g/mol. The van der Waals surface area contributed by atoms with E-state index in [1.54, 1.807) is 24.3 Å². The fraction of sp³-hybridized carbons (Fsp3) is 0.100. The number of sulfonamides is 1. The Bertz CT molecular complexity index is 1530. The summed E-state index contributed by atoms with van der Waals surface area (Å²) in [6, 6.07) is 12.2. The third-order valence-corrected chi connectivity index (χ3v) is 6.31. The van der Waals surface area contributed by atoms with Crippen LogP contribution in [0.3, 0.4) is 0 Å². The molecule has 1 amide bonds. The van der Waals surface area contributed by atoms with E-state index in [1.165, 1.54) is 38.1 Å². The zero-order valence-electron chi connectivity index (χ0n) is 16.9. The number of nitrogens with one attached hydrogen (secondary N) is 2. The van der Waals surface area contributed by atoms with E-state index in [1.807, 2.05) is 0 Å². The minimum Gasteiger partial charge on any atom is -0.360 e. The second kappa shape index (κ2) is 7.90. The largest absolute Gasteiger partial charge is 0.360 e. The second-order valence-electron chi connectivity index (χ2n) is 6.86. The molecule has 32 heavy (non-hydrogen) atoms. The van der Waals surface area contributed by atoms with Gasteiger partial charge in [0.15, 0.2) is 5.76 Å². The molecule has 12 heteroatoms. The molecule has 0 atom stereocenters. The van der Waals surface area contributed by atoms with Crippen molar-refractivity contribution in [1.29, 1.82) is 0 Å². The summed E-state index contributed by atoms with van der Waals surface area (Å²) >= 11 is 0. The minimum atomic E-state index is -4.16. The zero-order chi connectivity index (χ0) is 23.0. The first-order valence-corrected chi connectivity index (χ1v) is 10.8. The van der Waals surface area contributed by atoms with Gasteiger partial charge in [-0.2, -0.15) is 0 Å². The van der Waals surface area contributed by atoms with Crippen LogP contribution in [0.25, 0.3) is 16.6 Å². The number of aromatic nitrogens is 3. The number of rotatable bonds is 6. The molecular weight excluding hydrogens is 438 g/mol. The minimum absolute atomic E-state index is 0.0751. The van der Waals surface area contributed by atoms with Crippen LogP contribution in [0.2, 0.25) is 0 Å². The average Bonchev–Trinajstić information content (AvgIpc) is 3.11. The number of benzene rings is 2. The van der Waals surface area contributed by atoms with Crippen LogP contribution in [0.15, 0.2) is 67.5 Å². The number of fused-ring (bicyclic) bond motifs is 1. The van der Waals surface area contributed by atoms with Gasteiger partial charge in [0.05, 0.1) is 22.3 Å². The molecule has 0 radical (unpaired) electrons. The Kier molecular flexibility index (Phi) is 5.24. The van der Waals surface area contributed by atoms with Gasteiger partial charge >= 0.3 is 5.69 Å². The molecule has 11 nitrogen and oxygen atoms in total. The van der Waals surface area contributed by atoms with Gasteiger partial charge in [-0.25, -0.2) is 22.8 Å². The van der Waals surface area contributed by atoms with Crippen molar-refractivity contribution in [3.8, 4) is 5.69 Å². The van der Waals surface area contributed by atoms with Crippen LogP contribution in [-0.2, 0) is 14.8 Å². The second-order valence-corrected chi connectivity index (χ2v) is 8.45. The molecule has 0 unspecified atom stereocenters. The van der Waals surface area contributed by atoms with E-state index >= 15 is 0 Å². The molecule has 2 heterocycles. The summed E-state index contributed by atoms with van der Waals surface area (Å²) in [6.45, 7) is 2.90. The number of aromatic amines is 1. The highest BCUT2D eigenvalue weighted by Gasteiger charge is 2.26. The first kappa shape index (κ1) is 21.2. The molecule has 0 spiro atoms. The number of hydrogen-bond donors (Lipinski definition) is 2. The maximum absolute atomic E-state index is 12.8. The lowest BCUT2D eigenvalue weighted by Crippen LogP contribution is -2.41. The number of H-pyrrole nitrogens is 1. The Hall–Kier alpha value is -4.03. The summed E-state index contributed by atoms with van der Waals surface area (Å²) in [5.41, 5.74) is -0.187. The van der Waals surface area contributed by atoms with Crippen molar-refractivity contribution in [1.82, 2.24) is 19.5 Å². The molecule has 164 valence electrons. The molecule has 0 bridgehead atoms. The van der Waals surface area contributed by atoms with E-state index in [9.17, 15) is 22.8 Å². The number of aryl methyl sites for hydroxylation is 2. The van der Waals surface area contributed by atoms with Crippen LogP contribution in [0, 0.1) is 13.8 Å². The third-order valence-electron chi connectivity index (χ3n) is 4.75. The molecule has 0 fully saturated rings. The molecular formula is C20H17N5O6S. The Morgan fingerprint density at radius 3 is 2.41 bits per heavy atom. The number of carbonyl (C=O) groups is 1. The lowest BCUT2D eigenvalue weighted by Gasteiger charge is -2.18. The summed E-state index contributed by atoms with van der Waals surface area (Å²) in [5.74, 6) is 0.0751. The number of hydrazine groups is 1. The quantitative estimate of drug-likeness (QED) is 0.327. The van der Waals surface area contributed by atoms with Gasteiger partial charge < -0.3 is 9.51 Å². The van der Waals surface area contributed by atoms with Crippen LogP contribution >= 0.6 is 0 Å². The Labute approximate surface area is 180 Å². The zero-order valence-corrected chi connectivity index (χ0v) is 17.7. The van der Waals surface area contributed by atoms with Gasteiger partial charge in [0.2, 0.25) is 6.41 Å². The molecule has 0 aliphatic rings. The maximum atomic E-state index is 12.8. The van der Waals surface area contributed by atoms with Crippen molar-refractivity contribution < 1.29 is 17.7 Å². The van der Waals surface area contributed by atoms with E-state index in [0.717, 1.165) is 9.58 Å². The molecule has 2 aromatic carbocycles. The number of hydrogen-bond acceptors (Lipinski definition) is 7. The lowest BCUT2D eigenvalue weighted by molar-refractivity contribution is -0.107. The van der Waals surface area contributed by atoms with Gasteiger partial charge in [0.1, 0.15) is 10.6 Å². The molecule has 2 N–H and O–H groups in total. The molecule has 2 aromatic heterocycles. The van der Waals surface area contributed by atoms with Crippen molar-refractivity contribution in [3.05, 3.63) is 80.8 Å². The molecule has 4 rings (SSSR count). The SMILES string of the molecule is Cc1noc(C)c1S(=O)(=O)NN(C=O)c1ccc(-n2c(=O)[nH]c3ccccc3c2=O)cc1. The van der Waals surface area contributed by atoms with Gasteiger partial charge in [0, 0.05) is 0 Å². The van der Waals surface area contributed by atoms with E-state index < -0.39 is 21.3 Å². The summed E-state index contributed by atoms with van der Waals surface area (Å²) < 4.78 is 31.2. The van der Waals surface area contributed by atoms with Crippen LogP contribution in [-0.4, -0.2) is 29.5 Å². The molecule has 0 saturated heterocycles. The highest BCUT2D eigenvalue weighted by molar-refractivity contribution is 7.89. The highest BCUT2D eigenvalue weighted by atomic mass is 32.2. The molecule has 0 aliphatic carbocycles. The number of carbonyl (C=O) groups excluding carboxylic acids is 1. The van der Waals surface area contributed by atoms with E-state index in [0.29, 0.717) is 10.9 Å². The van der Waals surface area contributed by atoms with Crippen molar-refractivity contribution >= 4 is 33.0 Å². The molecule has 4 aromatic rings. The van der Waals surface area contributed by atoms with E-state index in [-0.39, 0.29) is 34.1 Å². The lowest BCUT2D eigenvalue weighted by atomic mass is 10.2. The maximum Gasteiger partial charge on any atom is 0.333 e. The van der Waals surface area contributed by atoms with Crippen LogP contribution in [0.1, 0.15) is 11.5 Å². The van der Waals surface area contributed by atoms with Crippen molar-refractivity contribution in [2.24, 2.45) is 0 Å². The number of para-hydroxylation sites is 1. The first-order chi connectivity index (χ1) is 15.2. The predicted molar refractivity (Wildman–Crippen MR) is 115 cm³/mol. The summed E-state index contributed by atoms with van der Waals surface area (Å²) in [7, 11) is -4.16. The Balaban J connectivity index is 1.69. The fourth-order valence-corrected chi connectivity index (χ4v) is 4.67. The number of nitrogens with zero attached hydrogens (tertiary/aromatic N) is 3. The van der Waals surface area contributed by atoms with E-state index in [2.05, 4.69) is 15.0 Å². The summed E-state index contributed by atoms with van der Waals surface area (Å²) in [6.07, 6.45) is 0.278. The van der Waals surface area contributed by atoms with Gasteiger partial charge in [-0.05, 0) is 50.2 Å². The van der Waals surface area contributed by atoms with Gasteiger partial charge in [0.25, 0.3) is 15.6 Å². The van der Waals surface area contributed by atoms with Crippen molar-refractivity contribution in [2.75, 3.05) is 5.01 Å². The highest BCUT2D eigenvalue weighted by Crippen LogP contribution is 2.21. The topological polar surface area (TPSA) is 147 Å². The Morgan fingerprint density at radius 1 is 1.09 bits per heavy atom.